The highest BCUT2D eigenvalue weighted by atomic mass is 32.2. The van der Waals surface area contributed by atoms with Crippen LogP contribution in [-0.4, -0.2) is 70.3 Å². The van der Waals surface area contributed by atoms with E-state index in [9.17, 15) is 26.4 Å². The van der Waals surface area contributed by atoms with E-state index < -0.39 is 25.8 Å². The maximum absolute atomic E-state index is 13.0. The summed E-state index contributed by atoms with van der Waals surface area (Å²) >= 11 is 0. The molecule has 0 aromatic heterocycles. The smallest absolute Gasteiger partial charge is 0.255 e. The van der Waals surface area contributed by atoms with Gasteiger partial charge >= 0.3 is 0 Å². The number of carbonyl (C=O) groups excluding carboxylic acids is 2. The summed E-state index contributed by atoms with van der Waals surface area (Å²) in [5.74, 6) is -0.736. The Bertz CT molecular complexity index is 1220. The summed E-state index contributed by atoms with van der Waals surface area (Å²) in [6, 6.07) is 11.5. The molecule has 1 aliphatic rings. The van der Waals surface area contributed by atoms with Gasteiger partial charge in [0.05, 0.1) is 15.5 Å². The zero-order chi connectivity index (χ0) is 22.8. The lowest BCUT2D eigenvalue weighted by molar-refractivity contribution is -0.129. The van der Waals surface area contributed by atoms with E-state index in [-0.39, 0.29) is 40.0 Å². The fourth-order valence-corrected chi connectivity index (χ4v) is 5.59. The molecule has 1 heterocycles. The quantitative estimate of drug-likeness (QED) is 0.708. The zero-order valence-corrected chi connectivity index (χ0v) is 18.7. The molecule has 1 aliphatic heterocycles. The number of amides is 2. The van der Waals surface area contributed by atoms with Crippen LogP contribution in [0.1, 0.15) is 17.3 Å². The molecular formula is C20H23N3O6S2. The first-order chi connectivity index (χ1) is 14.5. The topological polar surface area (TPSA) is 121 Å². The summed E-state index contributed by atoms with van der Waals surface area (Å²) in [5.41, 5.74) is 0.190. The van der Waals surface area contributed by atoms with Crippen LogP contribution in [0, 0.1) is 0 Å². The number of sulfone groups is 1. The van der Waals surface area contributed by atoms with Crippen LogP contribution in [0.25, 0.3) is 0 Å². The maximum Gasteiger partial charge on any atom is 0.255 e. The summed E-state index contributed by atoms with van der Waals surface area (Å²) in [7, 11) is -7.42. The Kier molecular flexibility index (Phi) is 6.48. The molecule has 2 aromatic rings. The average Bonchev–Trinajstić information content (AvgIpc) is 2.73. The van der Waals surface area contributed by atoms with Crippen molar-refractivity contribution in [2.24, 2.45) is 0 Å². The van der Waals surface area contributed by atoms with E-state index in [0.717, 1.165) is 6.26 Å². The Hall–Kier alpha value is -2.76. The Morgan fingerprint density at radius 1 is 0.903 bits per heavy atom. The molecule has 0 unspecified atom stereocenters. The van der Waals surface area contributed by atoms with E-state index in [2.05, 4.69) is 5.32 Å². The average molecular weight is 466 g/mol. The van der Waals surface area contributed by atoms with Gasteiger partial charge in [-0.2, -0.15) is 4.31 Å². The van der Waals surface area contributed by atoms with E-state index in [1.807, 2.05) is 0 Å². The van der Waals surface area contributed by atoms with Crippen molar-refractivity contribution < 1.29 is 26.4 Å². The fourth-order valence-electron chi connectivity index (χ4n) is 3.28. The van der Waals surface area contributed by atoms with Crippen LogP contribution in [0.2, 0.25) is 0 Å². The minimum atomic E-state index is -3.85. The number of hydrogen-bond donors (Lipinski definition) is 1. The number of hydrogen-bond acceptors (Lipinski definition) is 6. The van der Waals surface area contributed by atoms with Gasteiger partial charge in [0.25, 0.3) is 5.91 Å². The maximum atomic E-state index is 13.0. The van der Waals surface area contributed by atoms with Crippen LogP contribution in [0.4, 0.5) is 5.69 Å². The standard InChI is InChI=1S/C20H23N3O6S2/c1-15(24)22-10-12-23(13-11-22)31(28,29)17-7-5-6-16(14-17)20(25)21-18-8-3-4-9-19(18)30(2,26)27/h3-9,14H,10-13H2,1-2H3,(H,21,25). The number of para-hydroxylation sites is 1. The highest BCUT2D eigenvalue weighted by molar-refractivity contribution is 7.91. The van der Waals surface area contributed by atoms with Crippen LogP contribution in [-0.2, 0) is 24.7 Å². The number of anilines is 1. The molecule has 2 aromatic carbocycles. The highest BCUT2D eigenvalue weighted by Gasteiger charge is 2.29. The van der Waals surface area contributed by atoms with E-state index in [4.69, 9.17) is 0 Å². The molecule has 3 rings (SSSR count). The molecule has 0 spiro atoms. The van der Waals surface area contributed by atoms with E-state index in [1.165, 1.54) is 47.6 Å². The second-order valence-electron chi connectivity index (χ2n) is 7.16. The van der Waals surface area contributed by atoms with Gasteiger partial charge in [-0.15, -0.1) is 0 Å². The molecule has 0 bridgehead atoms. The lowest BCUT2D eigenvalue weighted by Gasteiger charge is -2.33. The van der Waals surface area contributed by atoms with Crippen molar-refractivity contribution >= 4 is 37.4 Å². The fraction of sp³-hybridized carbons (Fsp3) is 0.300. The van der Waals surface area contributed by atoms with Crippen molar-refractivity contribution in [3.8, 4) is 0 Å². The van der Waals surface area contributed by atoms with Crippen molar-refractivity contribution in [3.05, 3.63) is 54.1 Å². The van der Waals surface area contributed by atoms with Gasteiger partial charge in [-0.1, -0.05) is 18.2 Å². The zero-order valence-electron chi connectivity index (χ0n) is 17.1. The third-order valence-electron chi connectivity index (χ3n) is 4.95. The van der Waals surface area contributed by atoms with Crippen molar-refractivity contribution in [2.45, 2.75) is 16.7 Å². The number of piperazine rings is 1. The number of rotatable bonds is 5. The van der Waals surface area contributed by atoms with Gasteiger partial charge in [0.1, 0.15) is 0 Å². The Morgan fingerprint density at radius 3 is 2.16 bits per heavy atom. The monoisotopic (exact) mass is 465 g/mol. The normalized spacial score (nSPS) is 15.5. The van der Waals surface area contributed by atoms with Crippen molar-refractivity contribution in [3.63, 3.8) is 0 Å². The Labute approximate surface area is 181 Å². The second-order valence-corrected chi connectivity index (χ2v) is 11.1. The van der Waals surface area contributed by atoms with Crippen LogP contribution in [0.3, 0.4) is 0 Å². The summed E-state index contributed by atoms with van der Waals surface area (Å²) in [6.45, 7) is 2.38. The minimum Gasteiger partial charge on any atom is -0.340 e. The van der Waals surface area contributed by atoms with Crippen molar-refractivity contribution in [1.82, 2.24) is 9.21 Å². The first-order valence-electron chi connectivity index (χ1n) is 9.46. The van der Waals surface area contributed by atoms with Gasteiger partial charge < -0.3 is 10.2 Å². The number of nitrogens with zero attached hydrogens (tertiary/aromatic N) is 2. The van der Waals surface area contributed by atoms with E-state index >= 15 is 0 Å². The summed E-state index contributed by atoms with van der Waals surface area (Å²) in [6.07, 6.45) is 1.04. The number of nitrogens with one attached hydrogen (secondary N) is 1. The molecular weight excluding hydrogens is 442 g/mol. The van der Waals surface area contributed by atoms with Gasteiger partial charge in [-0.3, -0.25) is 9.59 Å². The van der Waals surface area contributed by atoms with E-state index in [0.29, 0.717) is 13.1 Å². The molecule has 1 saturated heterocycles. The molecule has 0 radical (unpaired) electrons. The van der Waals surface area contributed by atoms with Gasteiger partial charge in [0.15, 0.2) is 9.84 Å². The third kappa shape index (κ3) is 5.12. The molecule has 31 heavy (non-hydrogen) atoms. The van der Waals surface area contributed by atoms with Crippen LogP contribution in [0.15, 0.2) is 58.3 Å². The molecule has 0 atom stereocenters. The largest absolute Gasteiger partial charge is 0.340 e. The lowest BCUT2D eigenvalue weighted by atomic mass is 10.2. The van der Waals surface area contributed by atoms with Crippen LogP contribution >= 0.6 is 0 Å². The number of sulfonamides is 1. The Morgan fingerprint density at radius 2 is 1.55 bits per heavy atom. The number of carbonyl (C=O) groups is 2. The molecule has 1 N–H and O–H groups in total. The summed E-state index contributed by atoms with van der Waals surface area (Å²) < 4.78 is 51.1. The number of benzene rings is 2. The van der Waals surface area contributed by atoms with Crippen molar-refractivity contribution in [1.29, 1.82) is 0 Å². The molecule has 1 fully saturated rings. The molecule has 0 aliphatic carbocycles. The van der Waals surface area contributed by atoms with Crippen LogP contribution < -0.4 is 5.32 Å². The molecule has 0 saturated carbocycles. The van der Waals surface area contributed by atoms with E-state index in [1.54, 1.807) is 17.0 Å². The van der Waals surface area contributed by atoms with Gasteiger partial charge in [0, 0.05) is 44.9 Å². The second kappa shape index (κ2) is 8.77. The van der Waals surface area contributed by atoms with Crippen molar-refractivity contribution in [2.75, 3.05) is 37.8 Å². The third-order valence-corrected chi connectivity index (χ3v) is 8.00. The first kappa shape index (κ1) is 22.9. The Balaban J connectivity index is 1.82. The van der Waals surface area contributed by atoms with Crippen LogP contribution in [0.5, 0.6) is 0 Å². The highest BCUT2D eigenvalue weighted by Crippen LogP contribution is 2.23. The SMILES string of the molecule is CC(=O)N1CCN(S(=O)(=O)c2cccc(C(=O)Nc3ccccc3S(C)(=O)=O)c2)CC1. The lowest BCUT2D eigenvalue weighted by Crippen LogP contribution is -2.49. The molecule has 11 heteroatoms. The minimum absolute atomic E-state index is 0.0320. The molecule has 9 nitrogen and oxygen atoms in total. The van der Waals surface area contributed by atoms with Gasteiger partial charge in [-0.25, -0.2) is 16.8 Å². The van der Waals surface area contributed by atoms with Gasteiger partial charge in [-0.05, 0) is 30.3 Å². The summed E-state index contributed by atoms with van der Waals surface area (Å²) in [5, 5.41) is 2.54. The molecule has 166 valence electrons. The predicted octanol–water partition coefficient (Wildman–Crippen LogP) is 1.20. The molecule has 2 amide bonds. The first-order valence-corrected chi connectivity index (χ1v) is 12.8. The predicted molar refractivity (Wildman–Crippen MR) is 115 cm³/mol. The summed E-state index contributed by atoms with van der Waals surface area (Å²) in [4.78, 5) is 25.7. The van der Waals surface area contributed by atoms with Gasteiger partial charge in [0.2, 0.25) is 15.9 Å².